The zero-order valence-corrected chi connectivity index (χ0v) is 19.9. The van der Waals surface area contributed by atoms with E-state index in [0.717, 1.165) is 38.9 Å². The van der Waals surface area contributed by atoms with E-state index in [1.807, 2.05) is 0 Å². The van der Waals surface area contributed by atoms with Crippen molar-refractivity contribution < 1.29 is 23.7 Å². The largest absolute Gasteiger partial charge is 0.494 e. The van der Waals surface area contributed by atoms with E-state index in [0.29, 0.717) is 40.2 Å². The van der Waals surface area contributed by atoms with Crippen LogP contribution in [-0.4, -0.2) is 61.6 Å². The lowest BCUT2D eigenvalue weighted by Gasteiger charge is -2.33. The predicted molar refractivity (Wildman–Crippen MR) is 131 cm³/mol. The number of anilines is 1. The van der Waals surface area contributed by atoms with Crippen LogP contribution in [0.15, 0.2) is 36.4 Å². The van der Waals surface area contributed by atoms with Gasteiger partial charge in [0.2, 0.25) is 0 Å². The van der Waals surface area contributed by atoms with Crippen LogP contribution in [0.2, 0.25) is 0 Å². The van der Waals surface area contributed by atoms with E-state index in [2.05, 4.69) is 15.5 Å². The number of aliphatic hydroxyl groups excluding tert-OH is 1. The number of rotatable bonds is 10. The topological polar surface area (TPSA) is 75.2 Å². The minimum Gasteiger partial charge on any atom is -0.494 e. The van der Waals surface area contributed by atoms with Crippen molar-refractivity contribution in [2.24, 2.45) is 0 Å². The van der Waals surface area contributed by atoms with Gasteiger partial charge in [-0.1, -0.05) is 0 Å². The summed E-state index contributed by atoms with van der Waals surface area (Å²) in [6, 6.07) is 9.90. The first-order valence-corrected chi connectivity index (χ1v) is 11.5. The number of thiocarbonyl (C=S) groups is 1. The molecule has 1 aliphatic heterocycles. The Labute approximate surface area is 199 Å². The fraction of sp³-hybridized carbons (Fsp3) is 0.458. The van der Waals surface area contributed by atoms with Gasteiger partial charge in [-0.2, -0.15) is 0 Å². The smallest absolute Gasteiger partial charge is 0.171 e. The molecular weight excluding hydrogens is 445 g/mol. The molecule has 0 unspecified atom stereocenters. The van der Waals surface area contributed by atoms with Crippen LogP contribution in [0, 0.1) is 5.82 Å². The number of ether oxygens (including phenoxy) is 3. The van der Waals surface area contributed by atoms with Crippen LogP contribution in [-0.2, 0) is 6.61 Å². The Bertz CT molecular complexity index is 905. The van der Waals surface area contributed by atoms with Crippen molar-refractivity contribution >= 4 is 23.0 Å². The number of likely N-dealkylation sites (tertiary alicyclic amines) is 1. The van der Waals surface area contributed by atoms with Crippen molar-refractivity contribution in [3.63, 3.8) is 0 Å². The molecule has 0 atom stereocenters. The lowest BCUT2D eigenvalue weighted by molar-refractivity contribution is 0.189. The number of nitrogens with zero attached hydrogens (tertiary/aromatic N) is 1. The van der Waals surface area contributed by atoms with Crippen molar-refractivity contribution in [3.8, 4) is 17.2 Å². The summed E-state index contributed by atoms with van der Waals surface area (Å²) in [5.41, 5.74) is 1.36. The Balaban J connectivity index is 1.39. The molecule has 0 aliphatic carbocycles. The third-order valence-corrected chi connectivity index (χ3v) is 5.87. The number of halogens is 1. The van der Waals surface area contributed by atoms with Gasteiger partial charge >= 0.3 is 0 Å². The third kappa shape index (κ3) is 7.45. The summed E-state index contributed by atoms with van der Waals surface area (Å²) in [5.74, 6) is 1.56. The fourth-order valence-electron chi connectivity index (χ4n) is 3.82. The first-order chi connectivity index (χ1) is 16.0. The normalized spacial score (nSPS) is 14.5. The summed E-state index contributed by atoms with van der Waals surface area (Å²) in [6.07, 6.45) is 2.89. The number of benzene rings is 2. The Morgan fingerprint density at radius 1 is 1.12 bits per heavy atom. The molecule has 0 spiro atoms. The maximum Gasteiger partial charge on any atom is 0.171 e. The van der Waals surface area contributed by atoms with Gasteiger partial charge in [-0.3, -0.25) is 0 Å². The molecule has 1 fully saturated rings. The van der Waals surface area contributed by atoms with Crippen LogP contribution < -0.4 is 24.8 Å². The second kappa shape index (κ2) is 12.6. The van der Waals surface area contributed by atoms with Crippen molar-refractivity contribution in [2.75, 3.05) is 45.8 Å². The number of nitrogens with one attached hydrogen (secondary N) is 2. The second-order valence-electron chi connectivity index (χ2n) is 7.89. The van der Waals surface area contributed by atoms with Crippen molar-refractivity contribution in [3.05, 3.63) is 47.8 Å². The van der Waals surface area contributed by atoms with E-state index in [4.69, 9.17) is 26.4 Å². The van der Waals surface area contributed by atoms with E-state index in [1.54, 1.807) is 38.5 Å². The van der Waals surface area contributed by atoms with E-state index in [9.17, 15) is 9.50 Å². The van der Waals surface area contributed by atoms with Gasteiger partial charge in [0, 0.05) is 43.0 Å². The van der Waals surface area contributed by atoms with Gasteiger partial charge in [0.1, 0.15) is 11.6 Å². The van der Waals surface area contributed by atoms with E-state index in [1.165, 1.54) is 12.1 Å². The molecule has 3 N–H and O–H groups in total. The second-order valence-corrected chi connectivity index (χ2v) is 8.30. The number of piperidine rings is 1. The number of hydrogen-bond donors (Lipinski definition) is 3. The van der Waals surface area contributed by atoms with Gasteiger partial charge in [0.15, 0.2) is 16.6 Å². The zero-order chi connectivity index (χ0) is 23.6. The lowest BCUT2D eigenvalue weighted by Crippen LogP contribution is -2.46. The molecule has 33 heavy (non-hydrogen) atoms. The highest BCUT2D eigenvalue weighted by atomic mass is 32.1. The molecule has 2 aromatic carbocycles. The highest BCUT2D eigenvalue weighted by Gasteiger charge is 2.20. The number of methoxy groups -OCH3 is 2. The fourth-order valence-corrected chi connectivity index (χ4v) is 4.10. The molecule has 3 rings (SSSR count). The average Bonchev–Trinajstić information content (AvgIpc) is 2.83. The number of hydrogen-bond acceptors (Lipinski definition) is 6. The molecule has 0 aromatic heterocycles. The van der Waals surface area contributed by atoms with Crippen LogP contribution in [0.25, 0.3) is 0 Å². The van der Waals surface area contributed by atoms with E-state index in [-0.39, 0.29) is 18.5 Å². The number of aliphatic hydroxyl groups is 1. The summed E-state index contributed by atoms with van der Waals surface area (Å²) >= 11 is 5.51. The summed E-state index contributed by atoms with van der Waals surface area (Å²) in [5, 5.41) is 16.8. The Kier molecular flexibility index (Phi) is 9.53. The van der Waals surface area contributed by atoms with Crippen LogP contribution in [0.5, 0.6) is 17.2 Å². The van der Waals surface area contributed by atoms with Crippen LogP contribution in [0.4, 0.5) is 10.1 Å². The third-order valence-electron chi connectivity index (χ3n) is 5.65. The summed E-state index contributed by atoms with van der Waals surface area (Å²) in [6.45, 7) is 3.39. The first kappa shape index (κ1) is 25.0. The standard InChI is InChI=1S/C24H32FN3O4S/c1-30-22-14-17(16-29)21(15-23(22)31-2)27-24(33)26-19-8-11-28(12-9-19)10-3-13-32-20-6-4-18(25)5-7-20/h4-7,14-15,19,29H,3,8-13,16H2,1-2H3,(H2,26,27,33). The van der Waals surface area contributed by atoms with E-state index < -0.39 is 0 Å². The minimum atomic E-state index is -0.258. The van der Waals surface area contributed by atoms with E-state index >= 15 is 0 Å². The zero-order valence-electron chi connectivity index (χ0n) is 19.1. The van der Waals surface area contributed by atoms with Gasteiger partial charge in [-0.05, 0) is 61.8 Å². The summed E-state index contributed by atoms with van der Waals surface area (Å²) in [7, 11) is 3.13. The Morgan fingerprint density at radius 2 is 1.79 bits per heavy atom. The van der Waals surface area contributed by atoms with Crippen molar-refractivity contribution in [1.29, 1.82) is 0 Å². The predicted octanol–water partition coefficient (Wildman–Crippen LogP) is 3.56. The minimum absolute atomic E-state index is 0.144. The monoisotopic (exact) mass is 477 g/mol. The lowest BCUT2D eigenvalue weighted by atomic mass is 10.1. The maximum atomic E-state index is 12.9. The van der Waals surface area contributed by atoms with Crippen LogP contribution in [0.3, 0.4) is 0 Å². The molecule has 0 saturated carbocycles. The van der Waals surface area contributed by atoms with Gasteiger partial charge in [-0.15, -0.1) is 0 Å². The van der Waals surface area contributed by atoms with Crippen molar-refractivity contribution in [2.45, 2.75) is 31.9 Å². The quantitative estimate of drug-likeness (QED) is 0.354. The molecule has 1 saturated heterocycles. The van der Waals surface area contributed by atoms with Crippen LogP contribution in [0.1, 0.15) is 24.8 Å². The molecule has 0 amide bonds. The van der Waals surface area contributed by atoms with Crippen molar-refractivity contribution in [1.82, 2.24) is 10.2 Å². The Hall–Kier alpha value is -2.62. The van der Waals surface area contributed by atoms with Gasteiger partial charge < -0.3 is 34.9 Å². The molecule has 7 nitrogen and oxygen atoms in total. The van der Waals surface area contributed by atoms with Gasteiger partial charge in [0.05, 0.1) is 27.4 Å². The molecule has 9 heteroatoms. The molecule has 180 valence electrons. The average molecular weight is 478 g/mol. The molecule has 0 radical (unpaired) electrons. The highest BCUT2D eigenvalue weighted by Crippen LogP contribution is 2.33. The molecule has 0 bridgehead atoms. The summed E-state index contributed by atoms with van der Waals surface area (Å²) in [4.78, 5) is 2.42. The van der Waals surface area contributed by atoms with Gasteiger partial charge in [0.25, 0.3) is 0 Å². The SMILES string of the molecule is COc1cc(CO)c(NC(=S)NC2CCN(CCCOc3ccc(F)cc3)CC2)cc1OC. The Morgan fingerprint density at radius 3 is 2.42 bits per heavy atom. The van der Waals surface area contributed by atoms with Gasteiger partial charge in [-0.25, -0.2) is 4.39 Å². The van der Waals surface area contributed by atoms with Crippen LogP contribution >= 0.6 is 12.2 Å². The summed E-state index contributed by atoms with van der Waals surface area (Å²) < 4.78 is 29.2. The maximum absolute atomic E-state index is 12.9. The molecule has 1 heterocycles. The molecule has 2 aromatic rings. The molecule has 1 aliphatic rings. The highest BCUT2D eigenvalue weighted by molar-refractivity contribution is 7.80. The first-order valence-electron chi connectivity index (χ1n) is 11.1. The molecular formula is C24H32FN3O4S.